The summed E-state index contributed by atoms with van der Waals surface area (Å²) in [7, 11) is 0. The van der Waals surface area contributed by atoms with E-state index in [0.29, 0.717) is 17.7 Å². The van der Waals surface area contributed by atoms with Crippen LogP contribution < -0.4 is 10.6 Å². The number of amides is 2. The maximum atomic E-state index is 13.1. The van der Waals surface area contributed by atoms with Crippen LogP contribution in [-0.2, 0) is 16.6 Å². The first kappa shape index (κ1) is 22.1. The molecule has 4 bridgehead atoms. The second-order valence-electron chi connectivity index (χ2n) is 11.9. The van der Waals surface area contributed by atoms with Gasteiger partial charge in [0.2, 0.25) is 0 Å². The van der Waals surface area contributed by atoms with E-state index in [2.05, 4.69) is 40.7 Å². The van der Waals surface area contributed by atoms with E-state index in [1.165, 1.54) is 36.1 Å². The molecule has 2 amide bonds. The summed E-state index contributed by atoms with van der Waals surface area (Å²) in [5, 5.41) is 7.05. The highest BCUT2D eigenvalue weighted by Crippen LogP contribution is 2.64. The molecule has 5 fully saturated rings. The zero-order chi connectivity index (χ0) is 23.8. The Balaban J connectivity index is 1.22. The number of anilines is 1. The molecular formula is C29H34ClN3O2. The number of urea groups is 1. The van der Waals surface area contributed by atoms with Crippen molar-refractivity contribution in [1.82, 2.24) is 10.2 Å². The SMILES string of the molecule is Cc1ccc2c(c1)[C@]13CCN(CC4CC4)[C@H](C2)[C@]12CCC(NC(=O)Nc1ccc(Cl)cc1)(CO2)C3. The molecule has 3 aliphatic heterocycles. The number of carbonyl (C=O) groups is 1. The molecule has 6 heteroatoms. The quantitative estimate of drug-likeness (QED) is 0.598. The van der Waals surface area contributed by atoms with Gasteiger partial charge in [0.25, 0.3) is 0 Å². The van der Waals surface area contributed by atoms with Crippen LogP contribution in [0.4, 0.5) is 10.5 Å². The molecule has 3 heterocycles. The Morgan fingerprint density at radius 3 is 2.71 bits per heavy atom. The van der Waals surface area contributed by atoms with Crippen LogP contribution in [0.1, 0.15) is 55.2 Å². The average molecular weight is 492 g/mol. The summed E-state index contributed by atoms with van der Waals surface area (Å²) in [5.74, 6) is 0.878. The molecule has 184 valence electrons. The number of hydrogen-bond donors (Lipinski definition) is 2. The van der Waals surface area contributed by atoms with Crippen molar-refractivity contribution in [3.8, 4) is 0 Å². The van der Waals surface area contributed by atoms with Gasteiger partial charge in [-0.05, 0) is 99.7 Å². The van der Waals surface area contributed by atoms with Gasteiger partial charge in [-0.2, -0.15) is 0 Å². The summed E-state index contributed by atoms with van der Waals surface area (Å²) in [5.41, 5.74) is 4.51. The van der Waals surface area contributed by atoms with Gasteiger partial charge in [-0.1, -0.05) is 35.4 Å². The van der Waals surface area contributed by atoms with Crippen LogP contribution in [0.15, 0.2) is 42.5 Å². The van der Waals surface area contributed by atoms with E-state index in [0.717, 1.165) is 50.3 Å². The van der Waals surface area contributed by atoms with Gasteiger partial charge in [0.15, 0.2) is 0 Å². The minimum Gasteiger partial charge on any atom is -0.370 e. The largest absolute Gasteiger partial charge is 0.370 e. The third-order valence-corrected chi connectivity index (χ3v) is 9.95. The van der Waals surface area contributed by atoms with E-state index in [1.54, 1.807) is 12.1 Å². The van der Waals surface area contributed by atoms with E-state index in [4.69, 9.17) is 16.3 Å². The van der Waals surface area contributed by atoms with E-state index < -0.39 is 0 Å². The molecule has 3 aliphatic carbocycles. The van der Waals surface area contributed by atoms with Crippen LogP contribution in [0.25, 0.3) is 0 Å². The monoisotopic (exact) mass is 491 g/mol. The topological polar surface area (TPSA) is 53.6 Å². The Morgan fingerprint density at radius 1 is 1.14 bits per heavy atom. The lowest BCUT2D eigenvalue weighted by Crippen LogP contribution is -2.81. The van der Waals surface area contributed by atoms with Crippen molar-refractivity contribution in [2.75, 3.05) is 25.0 Å². The van der Waals surface area contributed by atoms with Crippen LogP contribution in [0.2, 0.25) is 5.02 Å². The Morgan fingerprint density at radius 2 is 1.97 bits per heavy atom. The number of nitrogens with zero attached hydrogens (tertiary/aromatic N) is 1. The van der Waals surface area contributed by atoms with Gasteiger partial charge in [-0.15, -0.1) is 0 Å². The van der Waals surface area contributed by atoms with Crippen molar-refractivity contribution in [1.29, 1.82) is 0 Å². The molecular weight excluding hydrogens is 458 g/mol. The zero-order valence-electron chi connectivity index (χ0n) is 20.4. The van der Waals surface area contributed by atoms with Crippen molar-refractivity contribution in [2.45, 2.75) is 74.5 Å². The van der Waals surface area contributed by atoms with Crippen LogP contribution in [0.3, 0.4) is 0 Å². The van der Waals surface area contributed by atoms with Crippen molar-refractivity contribution in [3.05, 3.63) is 64.2 Å². The molecule has 4 atom stereocenters. The van der Waals surface area contributed by atoms with Crippen LogP contribution in [0, 0.1) is 12.8 Å². The Bertz CT molecular complexity index is 1170. The van der Waals surface area contributed by atoms with Gasteiger partial charge in [0, 0.05) is 28.7 Å². The van der Waals surface area contributed by atoms with Gasteiger partial charge >= 0.3 is 6.03 Å². The second kappa shape index (κ2) is 7.71. The van der Waals surface area contributed by atoms with Crippen molar-refractivity contribution in [2.24, 2.45) is 5.92 Å². The second-order valence-corrected chi connectivity index (χ2v) is 12.3. The molecule has 1 spiro atoms. The third kappa shape index (κ3) is 3.38. The number of fused-ring (bicyclic) bond motifs is 3. The summed E-state index contributed by atoms with van der Waals surface area (Å²) < 4.78 is 7.02. The molecule has 2 aromatic rings. The highest BCUT2D eigenvalue weighted by atomic mass is 35.5. The lowest BCUT2D eigenvalue weighted by Gasteiger charge is -2.71. The fourth-order valence-electron chi connectivity index (χ4n) is 7.95. The molecule has 35 heavy (non-hydrogen) atoms. The van der Waals surface area contributed by atoms with Gasteiger partial charge in [-0.3, -0.25) is 4.90 Å². The molecule has 5 nitrogen and oxygen atoms in total. The number of hydrogen-bond acceptors (Lipinski definition) is 3. The number of benzene rings is 2. The highest BCUT2D eigenvalue weighted by molar-refractivity contribution is 6.30. The predicted molar refractivity (Wildman–Crippen MR) is 138 cm³/mol. The van der Waals surface area contributed by atoms with E-state index in [-0.39, 0.29) is 22.6 Å². The molecule has 2 saturated carbocycles. The standard InChI is InChI=1S/C29H34ClN3O2/c1-19-2-5-21-15-25-29-11-10-27(18-35-29,32-26(34)31-23-8-6-22(30)7-9-23)17-28(29,24(21)14-19)12-13-33(25)16-20-3-4-20/h2,5-9,14,20,25H,3-4,10-13,15-18H2,1H3,(H2,31,32,34)/t25-,27?,28-,29-/m1/s1. The molecule has 8 rings (SSSR count). The number of likely N-dealkylation sites (tertiary alicyclic amines) is 1. The lowest BCUT2D eigenvalue weighted by atomic mass is 9.45. The number of ether oxygens (including phenoxy) is 1. The van der Waals surface area contributed by atoms with E-state index in [9.17, 15) is 4.79 Å². The average Bonchev–Trinajstić information content (AvgIpc) is 3.66. The number of carbonyl (C=O) groups excluding carboxylic acids is 1. The van der Waals surface area contributed by atoms with Gasteiger partial charge in [0.1, 0.15) is 0 Å². The summed E-state index contributed by atoms with van der Waals surface area (Å²) in [4.78, 5) is 15.9. The van der Waals surface area contributed by atoms with Crippen molar-refractivity contribution >= 4 is 23.3 Å². The first-order valence-corrected chi connectivity index (χ1v) is 13.6. The molecule has 3 saturated heterocycles. The van der Waals surface area contributed by atoms with Crippen LogP contribution in [-0.4, -0.2) is 47.8 Å². The normalized spacial score (nSPS) is 35.2. The lowest BCUT2D eigenvalue weighted by molar-refractivity contribution is -0.261. The molecule has 6 aliphatic rings. The van der Waals surface area contributed by atoms with Gasteiger partial charge in [0.05, 0.1) is 17.7 Å². The van der Waals surface area contributed by atoms with Gasteiger partial charge < -0.3 is 15.4 Å². The fraction of sp³-hybridized carbons (Fsp3) is 0.552. The van der Waals surface area contributed by atoms with Crippen LogP contribution >= 0.6 is 11.6 Å². The van der Waals surface area contributed by atoms with Crippen molar-refractivity contribution < 1.29 is 9.53 Å². The summed E-state index contributed by atoms with van der Waals surface area (Å²) in [6.45, 7) is 5.15. The number of rotatable bonds is 4. The third-order valence-electron chi connectivity index (χ3n) is 9.70. The number of aryl methyl sites for hydroxylation is 1. The van der Waals surface area contributed by atoms with E-state index >= 15 is 0 Å². The number of piperidine rings is 1. The summed E-state index contributed by atoms with van der Waals surface area (Å²) in [6.07, 6.45) is 7.89. The first-order valence-electron chi connectivity index (χ1n) is 13.2. The highest BCUT2D eigenvalue weighted by Gasteiger charge is 2.71. The number of nitrogens with one attached hydrogen (secondary N) is 2. The first-order chi connectivity index (χ1) is 16.9. The summed E-state index contributed by atoms with van der Waals surface area (Å²) >= 11 is 6.01. The molecule has 2 aromatic carbocycles. The molecule has 1 unspecified atom stereocenters. The fourth-order valence-corrected chi connectivity index (χ4v) is 8.08. The Kier molecular flexibility index (Phi) is 4.88. The molecule has 0 radical (unpaired) electrons. The van der Waals surface area contributed by atoms with E-state index in [1.807, 2.05) is 12.1 Å². The Labute approximate surface area is 212 Å². The van der Waals surface area contributed by atoms with Gasteiger partial charge in [-0.25, -0.2) is 4.79 Å². The van der Waals surface area contributed by atoms with Crippen molar-refractivity contribution in [3.63, 3.8) is 0 Å². The molecule has 2 N–H and O–H groups in total. The molecule has 0 aromatic heterocycles. The minimum absolute atomic E-state index is 0.0403. The van der Waals surface area contributed by atoms with Crippen LogP contribution in [0.5, 0.6) is 0 Å². The minimum atomic E-state index is -0.347. The smallest absolute Gasteiger partial charge is 0.319 e. The predicted octanol–water partition coefficient (Wildman–Crippen LogP) is 5.44. The number of halogens is 1. The Hall–Kier alpha value is -2.08. The zero-order valence-corrected chi connectivity index (χ0v) is 21.2. The summed E-state index contributed by atoms with van der Waals surface area (Å²) in [6, 6.07) is 14.6. The maximum absolute atomic E-state index is 13.1. The maximum Gasteiger partial charge on any atom is 0.319 e.